The van der Waals surface area contributed by atoms with Crippen molar-refractivity contribution in [2.45, 2.75) is 60.0 Å². The van der Waals surface area contributed by atoms with Gasteiger partial charge in [0.05, 0.1) is 12.2 Å². The zero-order valence-electron chi connectivity index (χ0n) is 14.1. The van der Waals surface area contributed by atoms with Crippen LogP contribution in [0, 0.1) is 5.41 Å². The lowest BCUT2D eigenvalue weighted by Crippen LogP contribution is -2.42. The summed E-state index contributed by atoms with van der Waals surface area (Å²) >= 11 is 0. The van der Waals surface area contributed by atoms with E-state index in [1.807, 2.05) is 18.2 Å². The van der Waals surface area contributed by atoms with Gasteiger partial charge in [0.1, 0.15) is 0 Å². The van der Waals surface area contributed by atoms with E-state index in [9.17, 15) is 0 Å². The standard InChI is InChI=1S/C17H30N4/c1-6-18-16(20-13-15-9-7-8-12-19-15)21-14(2)10-11-17(3,4)5/h7-9,12,14H,6,10-11,13H2,1-5H3,(H2,18,20,21). The SMILES string of the molecule is CCNC(=NCc1ccccn1)NC(C)CCC(C)(C)C. The molecule has 1 atom stereocenters. The molecule has 0 aliphatic carbocycles. The van der Waals surface area contributed by atoms with Crippen LogP contribution in [-0.2, 0) is 6.54 Å². The van der Waals surface area contributed by atoms with E-state index in [0.29, 0.717) is 18.0 Å². The normalized spacial score (nSPS) is 13.9. The third-order valence-corrected chi connectivity index (χ3v) is 3.18. The summed E-state index contributed by atoms with van der Waals surface area (Å²) in [4.78, 5) is 8.90. The van der Waals surface area contributed by atoms with Crippen LogP contribution in [0.3, 0.4) is 0 Å². The van der Waals surface area contributed by atoms with Gasteiger partial charge in [-0.2, -0.15) is 0 Å². The Morgan fingerprint density at radius 3 is 2.67 bits per heavy atom. The number of hydrogen-bond donors (Lipinski definition) is 2. The molecule has 1 unspecified atom stereocenters. The van der Waals surface area contributed by atoms with E-state index in [0.717, 1.165) is 24.6 Å². The first kappa shape index (κ1) is 17.5. The number of aromatic nitrogens is 1. The lowest BCUT2D eigenvalue weighted by atomic mass is 9.89. The van der Waals surface area contributed by atoms with Crippen LogP contribution in [-0.4, -0.2) is 23.5 Å². The molecule has 0 fully saturated rings. The van der Waals surface area contributed by atoms with E-state index < -0.39 is 0 Å². The monoisotopic (exact) mass is 290 g/mol. The molecule has 0 amide bonds. The largest absolute Gasteiger partial charge is 0.357 e. The van der Waals surface area contributed by atoms with Crippen molar-refractivity contribution in [1.29, 1.82) is 0 Å². The Morgan fingerprint density at radius 2 is 2.10 bits per heavy atom. The zero-order chi connectivity index (χ0) is 15.7. The molecule has 1 heterocycles. The summed E-state index contributed by atoms with van der Waals surface area (Å²) in [7, 11) is 0. The topological polar surface area (TPSA) is 49.3 Å². The number of nitrogens with zero attached hydrogens (tertiary/aromatic N) is 2. The van der Waals surface area contributed by atoms with E-state index in [2.05, 4.69) is 55.2 Å². The van der Waals surface area contributed by atoms with E-state index in [-0.39, 0.29) is 0 Å². The Bertz CT molecular complexity index is 420. The summed E-state index contributed by atoms with van der Waals surface area (Å²) in [6.07, 6.45) is 4.13. The first-order valence-electron chi connectivity index (χ1n) is 7.85. The van der Waals surface area contributed by atoms with Gasteiger partial charge in [0, 0.05) is 18.8 Å². The summed E-state index contributed by atoms with van der Waals surface area (Å²) < 4.78 is 0. The maximum atomic E-state index is 4.60. The van der Waals surface area contributed by atoms with Crippen molar-refractivity contribution in [2.75, 3.05) is 6.54 Å². The van der Waals surface area contributed by atoms with Crippen LogP contribution >= 0.6 is 0 Å². The second-order valence-electron chi connectivity index (χ2n) is 6.66. The summed E-state index contributed by atoms with van der Waals surface area (Å²) in [6.45, 7) is 12.6. The summed E-state index contributed by atoms with van der Waals surface area (Å²) in [5, 5.41) is 6.76. The quantitative estimate of drug-likeness (QED) is 0.624. The molecule has 21 heavy (non-hydrogen) atoms. The zero-order valence-corrected chi connectivity index (χ0v) is 14.1. The van der Waals surface area contributed by atoms with Gasteiger partial charge in [-0.05, 0) is 44.2 Å². The number of rotatable bonds is 6. The van der Waals surface area contributed by atoms with Crippen molar-refractivity contribution < 1.29 is 0 Å². The van der Waals surface area contributed by atoms with Crippen LogP contribution in [0.5, 0.6) is 0 Å². The Morgan fingerprint density at radius 1 is 1.33 bits per heavy atom. The summed E-state index contributed by atoms with van der Waals surface area (Å²) in [5.74, 6) is 0.865. The van der Waals surface area contributed by atoms with Gasteiger partial charge in [0.15, 0.2) is 5.96 Å². The van der Waals surface area contributed by atoms with Crippen molar-refractivity contribution in [3.8, 4) is 0 Å². The van der Waals surface area contributed by atoms with Crippen LogP contribution in [0.25, 0.3) is 0 Å². The average molecular weight is 290 g/mol. The summed E-state index contributed by atoms with van der Waals surface area (Å²) in [6, 6.07) is 6.32. The van der Waals surface area contributed by atoms with Crippen LogP contribution in [0.2, 0.25) is 0 Å². The highest BCUT2D eigenvalue weighted by Crippen LogP contribution is 2.21. The number of hydrogen-bond acceptors (Lipinski definition) is 2. The number of guanidine groups is 1. The fourth-order valence-electron chi connectivity index (χ4n) is 1.93. The molecule has 1 aromatic heterocycles. The Hall–Kier alpha value is -1.58. The predicted molar refractivity (Wildman–Crippen MR) is 90.3 cm³/mol. The van der Waals surface area contributed by atoms with Crippen molar-refractivity contribution in [2.24, 2.45) is 10.4 Å². The van der Waals surface area contributed by atoms with Crippen molar-refractivity contribution in [3.05, 3.63) is 30.1 Å². The first-order valence-corrected chi connectivity index (χ1v) is 7.85. The number of nitrogens with one attached hydrogen (secondary N) is 2. The maximum absolute atomic E-state index is 4.60. The smallest absolute Gasteiger partial charge is 0.191 e. The Balaban J connectivity index is 2.52. The van der Waals surface area contributed by atoms with E-state index in [1.54, 1.807) is 6.20 Å². The second kappa shape index (κ2) is 8.65. The third kappa shape index (κ3) is 8.33. The van der Waals surface area contributed by atoms with Crippen molar-refractivity contribution in [1.82, 2.24) is 15.6 Å². The molecular weight excluding hydrogens is 260 g/mol. The lowest BCUT2D eigenvalue weighted by Gasteiger charge is -2.23. The highest BCUT2D eigenvalue weighted by molar-refractivity contribution is 5.79. The van der Waals surface area contributed by atoms with Crippen molar-refractivity contribution in [3.63, 3.8) is 0 Å². The van der Waals surface area contributed by atoms with Crippen LogP contribution < -0.4 is 10.6 Å². The van der Waals surface area contributed by atoms with Gasteiger partial charge in [-0.15, -0.1) is 0 Å². The lowest BCUT2D eigenvalue weighted by molar-refractivity contribution is 0.346. The molecule has 0 saturated heterocycles. The van der Waals surface area contributed by atoms with E-state index >= 15 is 0 Å². The molecule has 0 aliphatic rings. The highest BCUT2D eigenvalue weighted by atomic mass is 15.2. The fraction of sp³-hybridized carbons (Fsp3) is 0.647. The van der Waals surface area contributed by atoms with E-state index in [1.165, 1.54) is 6.42 Å². The molecule has 0 aliphatic heterocycles. The molecule has 1 aromatic rings. The minimum atomic E-state index is 0.374. The molecule has 118 valence electrons. The van der Waals surface area contributed by atoms with Crippen LogP contribution in [0.15, 0.2) is 29.4 Å². The third-order valence-electron chi connectivity index (χ3n) is 3.18. The van der Waals surface area contributed by atoms with Crippen molar-refractivity contribution >= 4 is 5.96 Å². The summed E-state index contributed by atoms with van der Waals surface area (Å²) in [5.41, 5.74) is 1.36. The Kier molecular flexibility index (Phi) is 7.20. The second-order valence-corrected chi connectivity index (χ2v) is 6.66. The molecule has 0 bridgehead atoms. The van der Waals surface area contributed by atoms with Crippen LogP contribution in [0.4, 0.5) is 0 Å². The minimum absolute atomic E-state index is 0.374. The molecule has 1 rings (SSSR count). The van der Waals surface area contributed by atoms with Gasteiger partial charge in [-0.3, -0.25) is 4.98 Å². The first-order chi connectivity index (χ1) is 9.90. The predicted octanol–water partition coefficient (Wildman–Crippen LogP) is 3.35. The van der Waals surface area contributed by atoms with Gasteiger partial charge < -0.3 is 10.6 Å². The molecule has 0 aromatic carbocycles. The Labute approximate surface area is 129 Å². The van der Waals surface area contributed by atoms with Gasteiger partial charge in [0.25, 0.3) is 0 Å². The molecule has 4 nitrogen and oxygen atoms in total. The molecule has 0 radical (unpaired) electrons. The average Bonchev–Trinajstić information content (AvgIpc) is 2.43. The molecule has 4 heteroatoms. The molecular formula is C17H30N4. The molecule has 0 saturated carbocycles. The van der Waals surface area contributed by atoms with Gasteiger partial charge in [-0.25, -0.2) is 4.99 Å². The number of pyridine rings is 1. The number of aliphatic imine (C=N–C) groups is 1. The maximum Gasteiger partial charge on any atom is 0.191 e. The van der Waals surface area contributed by atoms with Crippen LogP contribution in [0.1, 0.15) is 53.2 Å². The fourth-order valence-corrected chi connectivity index (χ4v) is 1.93. The van der Waals surface area contributed by atoms with Gasteiger partial charge in [0.2, 0.25) is 0 Å². The van der Waals surface area contributed by atoms with Gasteiger partial charge >= 0.3 is 0 Å². The van der Waals surface area contributed by atoms with Gasteiger partial charge in [-0.1, -0.05) is 26.8 Å². The molecule has 2 N–H and O–H groups in total. The highest BCUT2D eigenvalue weighted by Gasteiger charge is 2.13. The molecule has 0 spiro atoms. The minimum Gasteiger partial charge on any atom is -0.357 e. The van der Waals surface area contributed by atoms with E-state index in [4.69, 9.17) is 0 Å².